The summed E-state index contributed by atoms with van der Waals surface area (Å²) in [5, 5.41) is 2.69. The lowest BCUT2D eigenvalue weighted by Crippen LogP contribution is -2.14. The number of anilines is 1. The molecule has 0 aliphatic rings. The van der Waals surface area contributed by atoms with Gasteiger partial charge in [0.15, 0.2) is 5.82 Å². The molecule has 0 atom stereocenters. The van der Waals surface area contributed by atoms with Crippen molar-refractivity contribution in [2.24, 2.45) is 0 Å². The zero-order valence-electron chi connectivity index (χ0n) is 11.9. The van der Waals surface area contributed by atoms with Crippen LogP contribution in [0, 0.1) is 6.92 Å². The maximum Gasteiger partial charge on any atom is 0.275 e. The topological polar surface area (TPSA) is 80.7 Å². The second kappa shape index (κ2) is 6.09. The molecule has 6 heteroatoms. The molecular weight excluding hydrogens is 278 g/mol. The fourth-order valence-corrected chi connectivity index (χ4v) is 1.83. The number of hydrogen-bond donors (Lipinski definition) is 1. The van der Waals surface area contributed by atoms with Crippen LogP contribution < -0.4 is 5.32 Å². The quantitative estimate of drug-likeness (QED) is 0.802. The minimum atomic E-state index is -0.344. The molecule has 1 amide bonds. The standard InChI is InChI=1S/C16H13N5O/c1-11-7-18-14(10-17-11)16(22)21-13-8-19-15(20-9-13)12-5-3-2-4-6-12/h2-10H,1H3,(H,21,22). The van der Waals surface area contributed by atoms with Gasteiger partial charge >= 0.3 is 0 Å². The monoisotopic (exact) mass is 291 g/mol. The van der Waals surface area contributed by atoms with Crippen LogP contribution in [0.15, 0.2) is 55.1 Å². The van der Waals surface area contributed by atoms with E-state index in [4.69, 9.17) is 0 Å². The van der Waals surface area contributed by atoms with E-state index in [-0.39, 0.29) is 11.6 Å². The smallest absolute Gasteiger partial charge is 0.275 e. The van der Waals surface area contributed by atoms with Crippen LogP contribution in [0.2, 0.25) is 0 Å². The van der Waals surface area contributed by atoms with Gasteiger partial charge in [-0.25, -0.2) is 15.0 Å². The minimum Gasteiger partial charge on any atom is -0.318 e. The van der Waals surface area contributed by atoms with E-state index in [1.165, 1.54) is 6.20 Å². The Morgan fingerprint density at radius 1 is 0.909 bits per heavy atom. The molecule has 0 bridgehead atoms. The minimum absolute atomic E-state index is 0.248. The highest BCUT2D eigenvalue weighted by Crippen LogP contribution is 2.15. The number of aryl methyl sites for hydroxylation is 1. The Morgan fingerprint density at radius 3 is 2.27 bits per heavy atom. The van der Waals surface area contributed by atoms with E-state index in [9.17, 15) is 4.79 Å². The highest BCUT2D eigenvalue weighted by Gasteiger charge is 2.09. The molecule has 2 heterocycles. The van der Waals surface area contributed by atoms with E-state index in [1.807, 2.05) is 37.3 Å². The number of rotatable bonds is 3. The number of amides is 1. The predicted molar refractivity (Wildman–Crippen MR) is 82.2 cm³/mol. The number of benzene rings is 1. The van der Waals surface area contributed by atoms with Gasteiger partial charge in [-0.1, -0.05) is 30.3 Å². The molecule has 0 fully saturated rings. The van der Waals surface area contributed by atoms with Crippen LogP contribution in [0.3, 0.4) is 0 Å². The lowest BCUT2D eigenvalue weighted by atomic mass is 10.2. The van der Waals surface area contributed by atoms with Crippen LogP contribution in [0.1, 0.15) is 16.2 Å². The lowest BCUT2D eigenvalue weighted by molar-refractivity contribution is 0.102. The van der Waals surface area contributed by atoms with Crippen LogP contribution in [0.25, 0.3) is 11.4 Å². The first kappa shape index (κ1) is 13.8. The number of carbonyl (C=O) groups is 1. The van der Waals surface area contributed by atoms with Crippen molar-refractivity contribution in [1.29, 1.82) is 0 Å². The number of nitrogens with zero attached hydrogens (tertiary/aromatic N) is 4. The first-order chi connectivity index (χ1) is 10.7. The summed E-state index contributed by atoms with van der Waals surface area (Å²) in [5.41, 5.74) is 2.43. The molecule has 22 heavy (non-hydrogen) atoms. The van der Waals surface area contributed by atoms with E-state index in [1.54, 1.807) is 18.6 Å². The SMILES string of the molecule is Cc1cnc(C(=O)Nc2cnc(-c3ccccc3)nc2)cn1. The van der Waals surface area contributed by atoms with Crippen LogP contribution in [0.5, 0.6) is 0 Å². The molecule has 0 unspecified atom stereocenters. The van der Waals surface area contributed by atoms with Gasteiger partial charge < -0.3 is 5.32 Å². The summed E-state index contributed by atoms with van der Waals surface area (Å²) in [5.74, 6) is 0.261. The zero-order chi connectivity index (χ0) is 15.4. The number of hydrogen-bond acceptors (Lipinski definition) is 5. The fourth-order valence-electron chi connectivity index (χ4n) is 1.83. The van der Waals surface area contributed by atoms with E-state index in [2.05, 4.69) is 25.3 Å². The molecule has 6 nitrogen and oxygen atoms in total. The van der Waals surface area contributed by atoms with Crippen molar-refractivity contribution < 1.29 is 4.79 Å². The second-order valence-corrected chi connectivity index (χ2v) is 4.66. The first-order valence-corrected chi connectivity index (χ1v) is 6.70. The Hall–Kier alpha value is -3.15. The highest BCUT2D eigenvalue weighted by molar-refractivity contribution is 6.02. The molecule has 0 aliphatic carbocycles. The van der Waals surface area contributed by atoms with Crippen molar-refractivity contribution in [1.82, 2.24) is 19.9 Å². The third-order valence-corrected chi connectivity index (χ3v) is 2.96. The maximum atomic E-state index is 12.0. The Kier molecular flexibility index (Phi) is 3.82. The normalized spacial score (nSPS) is 10.2. The van der Waals surface area contributed by atoms with Crippen molar-refractivity contribution in [3.05, 3.63) is 66.5 Å². The predicted octanol–water partition coefficient (Wildman–Crippen LogP) is 2.49. The van der Waals surface area contributed by atoms with E-state index in [0.29, 0.717) is 11.5 Å². The van der Waals surface area contributed by atoms with E-state index in [0.717, 1.165) is 11.3 Å². The zero-order valence-corrected chi connectivity index (χ0v) is 11.9. The summed E-state index contributed by atoms with van der Waals surface area (Å²) in [6.45, 7) is 1.81. The fraction of sp³-hybridized carbons (Fsp3) is 0.0625. The molecule has 3 aromatic rings. The van der Waals surface area contributed by atoms with Gasteiger partial charge in [-0.2, -0.15) is 0 Å². The van der Waals surface area contributed by atoms with E-state index < -0.39 is 0 Å². The third-order valence-electron chi connectivity index (χ3n) is 2.96. The van der Waals surface area contributed by atoms with Crippen molar-refractivity contribution in [3.63, 3.8) is 0 Å². The van der Waals surface area contributed by atoms with Gasteiger partial charge in [0.2, 0.25) is 0 Å². The van der Waals surface area contributed by atoms with Gasteiger partial charge in [-0.3, -0.25) is 9.78 Å². The highest BCUT2D eigenvalue weighted by atomic mass is 16.1. The van der Waals surface area contributed by atoms with Gasteiger partial charge in [-0.15, -0.1) is 0 Å². The average Bonchev–Trinajstić information content (AvgIpc) is 2.57. The van der Waals surface area contributed by atoms with Crippen molar-refractivity contribution in [2.75, 3.05) is 5.32 Å². The Morgan fingerprint density at radius 2 is 1.64 bits per heavy atom. The molecule has 1 aromatic carbocycles. The average molecular weight is 291 g/mol. The molecule has 1 N–H and O–H groups in total. The van der Waals surface area contributed by atoms with Gasteiger partial charge in [0, 0.05) is 11.8 Å². The molecule has 0 spiro atoms. The summed E-state index contributed by atoms with van der Waals surface area (Å²) in [6.07, 6.45) is 6.11. The van der Waals surface area contributed by atoms with Gasteiger partial charge in [0.1, 0.15) is 5.69 Å². The van der Waals surface area contributed by atoms with Gasteiger partial charge in [-0.05, 0) is 6.92 Å². The summed E-state index contributed by atoms with van der Waals surface area (Å²) in [4.78, 5) is 28.6. The van der Waals surface area contributed by atoms with E-state index >= 15 is 0 Å². The molecular formula is C16H13N5O. The summed E-state index contributed by atoms with van der Waals surface area (Å²) >= 11 is 0. The van der Waals surface area contributed by atoms with Gasteiger partial charge in [0.25, 0.3) is 5.91 Å². The lowest BCUT2D eigenvalue weighted by Gasteiger charge is -2.05. The summed E-state index contributed by atoms with van der Waals surface area (Å²) in [6, 6.07) is 9.63. The molecule has 0 aliphatic heterocycles. The van der Waals surface area contributed by atoms with Crippen molar-refractivity contribution in [2.45, 2.75) is 6.92 Å². The Bertz CT molecular complexity index is 770. The van der Waals surface area contributed by atoms with Crippen LogP contribution in [0.4, 0.5) is 5.69 Å². The summed E-state index contributed by atoms with van der Waals surface area (Å²) < 4.78 is 0. The van der Waals surface area contributed by atoms with Crippen LogP contribution in [-0.2, 0) is 0 Å². The molecule has 0 radical (unpaired) electrons. The third kappa shape index (κ3) is 3.12. The molecule has 0 saturated heterocycles. The summed E-state index contributed by atoms with van der Waals surface area (Å²) in [7, 11) is 0. The van der Waals surface area contributed by atoms with Crippen LogP contribution in [-0.4, -0.2) is 25.8 Å². The van der Waals surface area contributed by atoms with Crippen molar-refractivity contribution in [3.8, 4) is 11.4 Å². The molecule has 2 aromatic heterocycles. The first-order valence-electron chi connectivity index (χ1n) is 6.70. The van der Waals surface area contributed by atoms with Crippen molar-refractivity contribution >= 4 is 11.6 Å². The molecule has 0 saturated carbocycles. The maximum absolute atomic E-state index is 12.0. The largest absolute Gasteiger partial charge is 0.318 e. The molecule has 3 rings (SSSR count). The van der Waals surface area contributed by atoms with Crippen LogP contribution >= 0.6 is 0 Å². The number of nitrogens with one attached hydrogen (secondary N) is 1. The Labute approximate surface area is 127 Å². The number of aromatic nitrogens is 4. The second-order valence-electron chi connectivity index (χ2n) is 4.66. The Balaban J connectivity index is 1.73. The number of carbonyl (C=O) groups excluding carboxylic acids is 1. The molecule has 108 valence electrons. The van der Waals surface area contributed by atoms with Gasteiger partial charge in [0.05, 0.1) is 30.0 Å².